The zero-order chi connectivity index (χ0) is 23.7. The minimum atomic E-state index is -1.10. The van der Waals surface area contributed by atoms with Gasteiger partial charge in [0.25, 0.3) is 11.5 Å². The van der Waals surface area contributed by atoms with E-state index in [0.717, 1.165) is 42.8 Å². The number of benzene rings is 1. The number of ketones is 1. The number of fused-ring (bicyclic) bond motifs is 2. The predicted octanol–water partition coefficient (Wildman–Crippen LogP) is 3.88. The van der Waals surface area contributed by atoms with Gasteiger partial charge in [-0.3, -0.25) is 19.0 Å². The van der Waals surface area contributed by atoms with Crippen LogP contribution in [0.4, 0.5) is 5.69 Å². The first-order valence-electron chi connectivity index (χ1n) is 10.9. The van der Waals surface area contributed by atoms with Crippen LogP contribution in [0.5, 0.6) is 0 Å². The van der Waals surface area contributed by atoms with Crippen LogP contribution in [0.15, 0.2) is 29.1 Å². The molecule has 0 aliphatic carbocycles. The molecule has 9 heteroatoms. The van der Waals surface area contributed by atoms with E-state index in [1.165, 1.54) is 13.8 Å². The SMILES string of the molecule is CC(=O)c1ccccc1NC(=O)C(C)OC(=O)c1sc2nc3n(c(=O)c2c1C)CCCCC3. The number of para-hydroxylation sites is 1. The third-order valence-corrected chi connectivity index (χ3v) is 6.98. The lowest BCUT2D eigenvalue weighted by molar-refractivity contribution is -0.123. The minimum absolute atomic E-state index is 0.128. The molecule has 0 radical (unpaired) electrons. The van der Waals surface area contributed by atoms with E-state index in [9.17, 15) is 19.2 Å². The van der Waals surface area contributed by atoms with Crippen molar-refractivity contribution in [3.8, 4) is 0 Å². The van der Waals surface area contributed by atoms with Gasteiger partial charge in [0.15, 0.2) is 11.9 Å². The van der Waals surface area contributed by atoms with Gasteiger partial charge in [-0.2, -0.15) is 0 Å². The highest BCUT2D eigenvalue weighted by molar-refractivity contribution is 7.20. The lowest BCUT2D eigenvalue weighted by Gasteiger charge is -2.14. The lowest BCUT2D eigenvalue weighted by Crippen LogP contribution is -2.30. The highest BCUT2D eigenvalue weighted by Crippen LogP contribution is 2.29. The quantitative estimate of drug-likeness (QED) is 0.451. The summed E-state index contributed by atoms with van der Waals surface area (Å²) >= 11 is 1.11. The van der Waals surface area contributed by atoms with Crippen molar-refractivity contribution < 1.29 is 19.1 Å². The number of anilines is 1. The second kappa shape index (κ2) is 9.27. The van der Waals surface area contributed by atoms with E-state index < -0.39 is 18.0 Å². The van der Waals surface area contributed by atoms with E-state index >= 15 is 0 Å². The van der Waals surface area contributed by atoms with E-state index in [1.54, 1.807) is 35.8 Å². The molecule has 0 spiro atoms. The number of thiophene rings is 1. The number of nitrogens with one attached hydrogen (secondary N) is 1. The van der Waals surface area contributed by atoms with Crippen LogP contribution in [-0.4, -0.2) is 33.3 Å². The predicted molar refractivity (Wildman–Crippen MR) is 126 cm³/mol. The number of carbonyl (C=O) groups is 3. The fraction of sp³-hybridized carbons (Fsp3) is 0.375. The Hall–Kier alpha value is -3.33. The molecular formula is C24H25N3O5S. The Balaban J connectivity index is 1.56. The summed E-state index contributed by atoms with van der Waals surface area (Å²) in [7, 11) is 0. The van der Waals surface area contributed by atoms with Gasteiger partial charge in [-0.05, 0) is 51.3 Å². The van der Waals surface area contributed by atoms with Gasteiger partial charge >= 0.3 is 5.97 Å². The monoisotopic (exact) mass is 467 g/mol. The van der Waals surface area contributed by atoms with Crippen molar-refractivity contribution in [2.45, 2.75) is 59.1 Å². The molecule has 0 saturated carbocycles. The van der Waals surface area contributed by atoms with Crippen molar-refractivity contribution in [2.24, 2.45) is 0 Å². The highest BCUT2D eigenvalue weighted by atomic mass is 32.1. The van der Waals surface area contributed by atoms with Crippen molar-refractivity contribution in [2.75, 3.05) is 5.32 Å². The molecule has 4 rings (SSSR count). The molecule has 172 valence electrons. The average Bonchev–Trinajstić information content (AvgIpc) is 2.94. The highest BCUT2D eigenvalue weighted by Gasteiger charge is 2.26. The molecule has 3 heterocycles. The molecule has 1 unspecified atom stereocenters. The Morgan fingerprint density at radius 3 is 2.70 bits per heavy atom. The number of hydrogen-bond donors (Lipinski definition) is 1. The number of ether oxygens (including phenoxy) is 1. The molecule has 3 aromatic rings. The van der Waals surface area contributed by atoms with Gasteiger partial charge in [0.2, 0.25) is 0 Å². The Labute approximate surface area is 194 Å². The molecule has 1 aromatic carbocycles. The van der Waals surface area contributed by atoms with Gasteiger partial charge in [-0.25, -0.2) is 9.78 Å². The molecule has 0 fully saturated rings. The summed E-state index contributed by atoms with van der Waals surface area (Å²) in [5, 5.41) is 3.08. The number of aryl methyl sites for hydroxylation is 2. The summed E-state index contributed by atoms with van der Waals surface area (Å²) in [5.74, 6) is -0.671. The maximum Gasteiger partial charge on any atom is 0.349 e. The summed E-state index contributed by atoms with van der Waals surface area (Å²) in [5.41, 5.74) is 1.12. The molecule has 33 heavy (non-hydrogen) atoms. The number of amides is 1. The first-order valence-corrected chi connectivity index (χ1v) is 11.7. The van der Waals surface area contributed by atoms with Crippen LogP contribution in [0.2, 0.25) is 0 Å². The van der Waals surface area contributed by atoms with E-state index in [2.05, 4.69) is 10.3 Å². The van der Waals surface area contributed by atoms with Gasteiger partial charge in [0.05, 0.1) is 11.1 Å². The van der Waals surface area contributed by atoms with E-state index in [4.69, 9.17) is 4.74 Å². The number of esters is 1. The van der Waals surface area contributed by atoms with Gasteiger partial charge in [0, 0.05) is 18.5 Å². The van der Waals surface area contributed by atoms with Crippen molar-refractivity contribution in [3.05, 3.63) is 56.4 Å². The molecule has 1 N–H and O–H groups in total. The van der Waals surface area contributed by atoms with E-state index in [1.807, 2.05) is 0 Å². The Bertz CT molecular complexity index is 1320. The van der Waals surface area contributed by atoms with Crippen LogP contribution in [0.3, 0.4) is 0 Å². The Morgan fingerprint density at radius 1 is 1.18 bits per heavy atom. The zero-order valence-electron chi connectivity index (χ0n) is 18.8. The summed E-state index contributed by atoms with van der Waals surface area (Å²) in [6.45, 7) is 5.21. The molecule has 2 aromatic heterocycles. The van der Waals surface area contributed by atoms with Crippen molar-refractivity contribution >= 4 is 44.9 Å². The molecule has 1 aliphatic heterocycles. The summed E-state index contributed by atoms with van der Waals surface area (Å²) in [4.78, 5) is 55.8. The summed E-state index contributed by atoms with van der Waals surface area (Å²) in [6, 6.07) is 6.63. The Kier molecular flexibility index (Phi) is 6.42. The van der Waals surface area contributed by atoms with Crippen molar-refractivity contribution in [1.29, 1.82) is 0 Å². The maximum absolute atomic E-state index is 13.1. The van der Waals surface area contributed by atoms with Crippen LogP contribution >= 0.6 is 11.3 Å². The fourth-order valence-corrected chi connectivity index (χ4v) is 5.08. The molecular weight excluding hydrogens is 442 g/mol. The van der Waals surface area contributed by atoms with Crippen LogP contribution < -0.4 is 10.9 Å². The molecule has 1 amide bonds. The zero-order valence-corrected chi connectivity index (χ0v) is 19.6. The van der Waals surface area contributed by atoms with Crippen molar-refractivity contribution in [1.82, 2.24) is 9.55 Å². The number of rotatable bonds is 5. The maximum atomic E-state index is 13.1. The third kappa shape index (κ3) is 4.45. The standard InChI is InChI=1S/C24H25N3O5S/c1-13-19-22(26-18-11-5-4-8-12-27(18)23(19)30)33-20(13)24(31)32-15(3)21(29)25-17-10-7-6-9-16(17)14(2)28/h6-7,9-10,15H,4-5,8,11-12H2,1-3H3,(H,25,29). The second-order valence-electron chi connectivity index (χ2n) is 8.17. The molecule has 8 nitrogen and oxygen atoms in total. The molecule has 1 atom stereocenters. The molecule has 0 bridgehead atoms. The first kappa shape index (κ1) is 22.8. The number of Topliss-reactive ketones (excluding diaryl/α,β-unsaturated/α-hetero) is 1. The smallest absolute Gasteiger partial charge is 0.349 e. The number of aromatic nitrogens is 2. The number of nitrogens with zero attached hydrogens (tertiary/aromatic N) is 2. The number of carbonyl (C=O) groups excluding carboxylic acids is 3. The minimum Gasteiger partial charge on any atom is -0.448 e. The fourth-order valence-electron chi connectivity index (χ4n) is 4.01. The third-order valence-electron chi connectivity index (χ3n) is 5.81. The summed E-state index contributed by atoms with van der Waals surface area (Å²) < 4.78 is 7.12. The lowest BCUT2D eigenvalue weighted by atomic mass is 10.1. The molecule has 0 saturated heterocycles. The van der Waals surface area contributed by atoms with Crippen LogP contribution in [0.1, 0.15) is 64.5 Å². The van der Waals surface area contributed by atoms with Gasteiger partial charge in [-0.15, -0.1) is 11.3 Å². The largest absolute Gasteiger partial charge is 0.448 e. The Morgan fingerprint density at radius 2 is 1.94 bits per heavy atom. The topological polar surface area (TPSA) is 107 Å². The van der Waals surface area contributed by atoms with Gasteiger partial charge in [-0.1, -0.05) is 18.6 Å². The summed E-state index contributed by atoms with van der Waals surface area (Å²) in [6.07, 6.45) is 2.60. The average molecular weight is 468 g/mol. The van der Waals surface area contributed by atoms with Gasteiger partial charge < -0.3 is 10.1 Å². The second-order valence-corrected chi connectivity index (χ2v) is 9.17. The van der Waals surface area contributed by atoms with E-state index in [-0.39, 0.29) is 16.2 Å². The van der Waals surface area contributed by atoms with E-state index in [0.29, 0.717) is 33.6 Å². The van der Waals surface area contributed by atoms with Crippen LogP contribution in [-0.2, 0) is 22.5 Å². The van der Waals surface area contributed by atoms with Crippen molar-refractivity contribution in [3.63, 3.8) is 0 Å². The number of hydrogen-bond acceptors (Lipinski definition) is 7. The normalized spacial score (nSPS) is 14.3. The van der Waals surface area contributed by atoms with Crippen LogP contribution in [0, 0.1) is 6.92 Å². The van der Waals surface area contributed by atoms with Crippen LogP contribution in [0.25, 0.3) is 10.2 Å². The van der Waals surface area contributed by atoms with Gasteiger partial charge in [0.1, 0.15) is 15.5 Å². The molecule has 1 aliphatic rings. The first-order chi connectivity index (χ1) is 15.8.